The summed E-state index contributed by atoms with van der Waals surface area (Å²) in [4.78, 5) is 11.6. The van der Waals surface area contributed by atoms with E-state index in [9.17, 15) is 4.79 Å². The maximum atomic E-state index is 11.6. The fourth-order valence-corrected chi connectivity index (χ4v) is 2.21. The summed E-state index contributed by atoms with van der Waals surface area (Å²) in [6.07, 6.45) is 0.859. The normalized spacial score (nSPS) is 15.8. The molecule has 0 radical (unpaired) electrons. The van der Waals surface area contributed by atoms with Crippen LogP contribution < -0.4 is 14.8 Å². The zero-order valence-corrected chi connectivity index (χ0v) is 11.9. The first-order valence-corrected chi connectivity index (χ1v) is 6.60. The largest absolute Gasteiger partial charge is 0.483 e. The first kappa shape index (κ1) is 13.7. The van der Waals surface area contributed by atoms with Gasteiger partial charge in [0.15, 0.2) is 18.1 Å². The maximum Gasteiger partial charge on any atom is 0.258 e. The van der Waals surface area contributed by atoms with Crippen molar-refractivity contribution in [3.05, 3.63) is 23.8 Å². The predicted molar refractivity (Wildman–Crippen MR) is 73.6 cm³/mol. The van der Waals surface area contributed by atoms with Gasteiger partial charge in [-0.2, -0.15) is 0 Å². The van der Waals surface area contributed by atoms with E-state index in [1.165, 1.54) is 0 Å². The van der Waals surface area contributed by atoms with Crippen LogP contribution >= 0.6 is 0 Å². The Labute approximate surface area is 114 Å². The van der Waals surface area contributed by atoms with Crippen molar-refractivity contribution in [3.8, 4) is 11.5 Å². The molecule has 0 spiro atoms. The minimum absolute atomic E-state index is 0.0123. The molecule has 4 nitrogen and oxygen atoms in total. The van der Waals surface area contributed by atoms with Crippen LogP contribution in [0.15, 0.2) is 18.2 Å². The van der Waals surface area contributed by atoms with Gasteiger partial charge >= 0.3 is 0 Å². The standard InChI is InChI=1S/C15H21NO3/c1-10(2)16-13(17)9-18-12-7-5-6-11-8-15(3,4)19-14(11)12/h5-7,10H,8-9H2,1-4H3,(H,16,17). The van der Waals surface area contributed by atoms with Crippen LogP contribution in [0.25, 0.3) is 0 Å². The lowest BCUT2D eigenvalue weighted by molar-refractivity contribution is -0.123. The highest BCUT2D eigenvalue weighted by atomic mass is 16.5. The minimum atomic E-state index is -0.206. The Morgan fingerprint density at radius 2 is 2.21 bits per heavy atom. The molecule has 0 aliphatic carbocycles. The average molecular weight is 263 g/mol. The van der Waals surface area contributed by atoms with E-state index >= 15 is 0 Å². The maximum absolute atomic E-state index is 11.6. The topological polar surface area (TPSA) is 47.6 Å². The van der Waals surface area contributed by atoms with Gasteiger partial charge in [-0.05, 0) is 33.8 Å². The second kappa shape index (κ2) is 5.11. The number of rotatable bonds is 4. The molecular formula is C15H21NO3. The first-order valence-electron chi connectivity index (χ1n) is 6.60. The van der Waals surface area contributed by atoms with Gasteiger partial charge in [-0.1, -0.05) is 12.1 Å². The molecule has 1 N–H and O–H groups in total. The number of ether oxygens (including phenoxy) is 2. The van der Waals surface area contributed by atoms with Gasteiger partial charge in [0.25, 0.3) is 5.91 Å². The van der Waals surface area contributed by atoms with E-state index in [2.05, 4.69) is 5.32 Å². The predicted octanol–water partition coefficient (Wildman–Crippen LogP) is 2.30. The third kappa shape index (κ3) is 3.40. The molecule has 1 aromatic rings. The van der Waals surface area contributed by atoms with Crippen molar-refractivity contribution in [1.29, 1.82) is 0 Å². The zero-order chi connectivity index (χ0) is 14.0. The lowest BCUT2D eigenvalue weighted by Crippen LogP contribution is -2.34. The second-order valence-corrected chi connectivity index (χ2v) is 5.79. The van der Waals surface area contributed by atoms with Crippen molar-refractivity contribution < 1.29 is 14.3 Å². The number of carbonyl (C=O) groups excluding carboxylic acids is 1. The summed E-state index contributed by atoms with van der Waals surface area (Å²) in [6.45, 7) is 7.94. The van der Waals surface area contributed by atoms with Crippen LogP contribution in [0.1, 0.15) is 33.3 Å². The number of benzene rings is 1. The van der Waals surface area contributed by atoms with Gasteiger partial charge < -0.3 is 14.8 Å². The van der Waals surface area contributed by atoms with E-state index in [1.807, 2.05) is 45.9 Å². The Bertz CT molecular complexity index is 480. The summed E-state index contributed by atoms with van der Waals surface area (Å²) < 4.78 is 11.4. The molecule has 1 amide bonds. The number of nitrogens with one attached hydrogen (secondary N) is 1. The molecule has 1 heterocycles. The average Bonchev–Trinajstić information content (AvgIpc) is 2.59. The molecule has 4 heteroatoms. The molecule has 19 heavy (non-hydrogen) atoms. The highest BCUT2D eigenvalue weighted by Crippen LogP contribution is 2.41. The molecule has 1 aliphatic heterocycles. The third-order valence-corrected chi connectivity index (χ3v) is 2.86. The number of hydrogen-bond donors (Lipinski definition) is 1. The van der Waals surface area contributed by atoms with Crippen molar-refractivity contribution in [2.75, 3.05) is 6.61 Å². The molecule has 0 saturated heterocycles. The quantitative estimate of drug-likeness (QED) is 0.906. The summed E-state index contributed by atoms with van der Waals surface area (Å²) in [5, 5.41) is 2.79. The van der Waals surface area contributed by atoms with E-state index in [4.69, 9.17) is 9.47 Å². The molecule has 1 aliphatic rings. The van der Waals surface area contributed by atoms with Gasteiger partial charge in [-0.3, -0.25) is 4.79 Å². The van der Waals surface area contributed by atoms with Crippen LogP contribution in [0.5, 0.6) is 11.5 Å². The van der Waals surface area contributed by atoms with Gasteiger partial charge in [0, 0.05) is 18.0 Å². The second-order valence-electron chi connectivity index (χ2n) is 5.79. The molecule has 0 aromatic heterocycles. The third-order valence-electron chi connectivity index (χ3n) is 2.86. The molecule has 0 bridgehead atoms. The van der Waals surface area contributed by atoms with E-state index < -0.39 is 0 Å². The molecule has 0 saturated carbocycles. The highest BCUT2D eigenvalue weighted by molar-refractivity contribution is 5.77. The summed E-state index contributed by atoms with van der Waals surface area (Å²) >= 11 is 0. The molecular weight excluding hydrogens is 242 g/mol. The summed E-state index contributed by atoms with van der Waals surface area (Å²) in [5.74, 6) is 1.29. The number of para-hydroxylation sites is 1. The van der Waals surface area contributed by atoms with Crippen LogP contribution in [0, 0.1) is 0 Å². The monoisotopic (exact) mass is 263 g/mol. The minimum Gasteiger partial charge on any atom is -0.483 e. The molecule has 0 unspecified atom stereocenters. The van der Waals surface area contributed by atoms with Crippen molar-refractivity contribution in [2.24, 2.45) is 0 Å². The summed E-state index contributed by atoms with van der Waals surface area (Å²) in [5.41, 5.74) is 0.925. The van der Waals surface area contributed by atoms with Crippen LogP contribution in [0.2, 0.25) is 0 Å². The fraction of sp³-hybridized carbons (Fsp3) is 0.533. The number of fused-ring (bicyclic) bond motifs is 1. The van der Waals surface area contributed by atoms with Crippen molar-refractivity contribution >= 4 is 5.91 Å². The molecule has 104 valence electrons. The number of carbonyl (C=O) groups is 1. The Morgan fingerprint density at radius 3 is 2.89 bits per heavy atom. The van der Waals surface area contributed by atoms with Crippen LogP contribution in [0.3, 0.4) is 0 Å². The SMILES string of the molecule is CC(C)NC(=O)COc1cccc2c1OC(C)(C)C2. The van der Waals surface area contributed by atoms with E-state index in [0.29, 0.717) is 5.75 Å². The van der Waals surface area contributed by atoms with Crippen LogP contribution in [0.4, 0.5) is 0 Å². The Hall–Kier alpha value is -1.71. The lowest BCUT2D eigenvalue weighted by atomic mass is 10.0. The van der Waals surface area contributed by atoms with E-state index in [0.717, 1.165) is 17.7 Å². The van der Waals surface area contributed by atoms with Crippen molar-refractivity contribution in [3.63, 3.8) is 0 Å². The lowest BCUT2D eigenvalue weighted by Gasteiger charge is -2.18. The van der Waals surface area contributed by atoms with E-state index in [1.54, 1.807) is 0 Å². The van der Waals surface area contributed by atoms with Crippen molar-refractivity contribution in [1.82, 2.24) is 5.32 Å². The van der Waals surface area contributed by atoms with Crippen molar-refractivity contribution in [2.45, 2.75) is 45.8 Å². The number of amides is 1. The van der Waals surface area contributed by atoms with E-state index in [-0.39, 0.29) is 24.2 Å². The van der Waals surface area contributed by atoms with Gasteiger partial charge in [0.2, 0.25) is 0 Å². The fourth-order valence-electron chi connectivity index (χ4n) is 2.21. The Balaban J connectivity index is 2.04. The van der Waals surface area contributed by atoms with Gasteiger partial charge in [0.1, 0.15) is 5.60 Å². The summed E-state index contributed by atoms with van der Waals surface area (Å²) in [6, 6.07) is 5.92. The Kier molecular flexibility index (Phi) is 3.69. The van der Waals surface area contributed by atoms with Crippen LogP contribution in [-0.2, 0) is 11.2 Å². The smallest absolute Gasteiger partial charge is 0.258 e. The van der Waals surface area contributed by atoms with Gasteiger partial charge in [-0.15, -0.1) is 0 Å². The number of hydrogen-bond acceptors (Lipinski definition) is 3. The van der Waals surface area contributed by atoms with Crippen LogP contribution in [-0.4, -0.2) is 24.2 Å². The first-order chi connectivity index (χ1) is 8.87. The molecule has 2 rings (SSSR count). The van der Waals surface area contributed by atoms with Gasteiger partial charge in [0.05, 0.1) is 0 Å². The molecule has 0 atom stereocenters. The Morgan fingerprint density at radius 1 is 1.47 bits per heavy atom. The molecule has 0 fully saturated rings. The highest BCUT2D eigenvalue weighted by Gasteiger charge is 2.32. The van der Waals surface area contributed by atoms with Gasteiger partial charge in [-0.25, -0.2) is 0 Å². The zero-order valence-electron chi connectivity index (χ0n) is 11.9. The summed E-state index contributed by atoms with van der Waals surface area (Å²) in [7, 11) is 0. The molecule has 1 aromatic carbocycles.